The van der Waals surface area contributed by atoms with Crippen molar-refractivity contribution < 1.29 is 13.2 Å². The van der Waals surface area contributed by atoms with Gasteiger partial charge < -0.3 is 4.90 Å². The maximum Gasteiger partial charge on any atom is 0.416 e. The Morgan fingerprint density at radius 2 is 1.83 bits per heavy atom. The Bertz CT molecular complexity index is 885. The summed E-state index contributed by atoms with van der Waals surface area (Å²) in [4.78, 5) is 13.7. The Morgan fingerprint density at radius 3 is 2.59 bits per heavy atom. The summed E-state index contributed by atoms with van der Waals surface area (Å²) >= 11 is 0. The summed E-state index contributed by atoms with van der Waals surface area (Å²) in [6.07, 6.45) is 2.11. The minimum absolute atomic E-state index is 0.0209. The second-order valence-electron chi connectivity index (χ2n) is 8.39. The quantitative estimate of drug-likeness (QED) is 0.549. The number of alkyl halides is 3. The molecule has 0 saturated carbocycles. The van der Waals surface area contributed by atoms with Gasteiger partial charge in [0, 0.05) is 19.3 Å². The van der Waals surface area contributed by atoms with Crippen molar-refractivity contribution in [3.8, 4) is 0 Å². The largest absolute Gasteiger partial charge is 0.416 e. The average molecular weight is 404 g/mol. The number of likely N-dealkylation sites (tertiary alicyclic amines) is 1. The highest BCUT2D eigenvalue weighted by atomic mass is 19.4. The van der Waals surface area contributed by atoms with Crippen LogP contribution >= 0.6 is 0 Å². The summed E-state index contributed by atoms with van der Waals surface area (Å²) in [5, 5.41) is 0. The van der Waals surface area contributed by atoms with Gasteiger partial charge in [-0.15, -0.1) is 0 Å². The molecule has 4 nitrogen and oxygen atoms in total. The zero-order chi connectivity index (χ0) is 20.8. The molecule has 156 valence electrons. The van der Waals surface area contributed by atoms with Crippen molar-refractivity contribution in [1.29, 1.82) is 0 Å². The van der Waals surface area contributed by atoms with E-state index in [1.807, 2.05) is 20.0 Å². The molecule has 1 saturated heterocycles. The summed E-state index contributed by atoms with van der Waals surface area (Å²) in [5.41, 5.74) is 1.34. The molecule has 1 fully saturated rings. The van der Waals surface area contributed by atoms with E-state index in [4.69, 9.17) is 9.98 Å². The molecule has 3 aliphatic rings. The fourth-order valence-electron chi connectivity index (χ4n) is 4.07. The lowest BCUT2D eigenvalue weighted by atomic mass is 9.97. The summed E-state index contributed by atoms with van der Waals surface area (Å²) in [5.74, 6) is 2.10. The molecule has 0 spiro atoms. The smallest absolute Gasteiger partial charge is 0.354 e. The molecule has 0 N–H and O–H groups in total. The standard InChI is InChI=1S/C22H27F3N4/c1-14-6-4-5-10-28(11-9-14)20-21-26-16(3)15(2)13-29(21)19-12-17(22(23,24)25)7-8-18(19)27-20/h7-8,12-14,16H,4-6,9-11H2,1-3H3. The van der Waals surface area contributed by atoms with Gasteiger partial charge in [-0.3, -0.25) is 9.89 Å². The highest BCUT2D eigenvalue weighted by Crippen LogP contribution is 2.41. The number of aliphatic imine (C=N–C) groups is 2. The van der Waals surface area contributed by atoms with Crippen LogP contribution in [0.2, 0.25) is 0 Å². The van der Waals surface area contributed by atoms with Crippen LogP contribution in [0.1, 0.15) is 52.0 Å². The van der Waals surface area contributed by atoms with Gasteiger partial charge in [0.2, 0.25) is 0 Å². The molecule has 1 aromatic rings. The number of halogens is 3. The van der Waals surface area contributed by atoms with Gasteiger partial charge in [-0.2, -0.15) is 13.2 Å². The summed E-state index contributed by atoms with van der Waals surface area (Å²) in [7, 11) is 0. The van der Waals surface area contributed by atoms with Crippen LogP contribution in [-0.4, -0.2) is 35.7 Å². The topological polar surface area (TPSA) is 31.2 Å². The van der Waals surface area contributed by atoms with E-state index in [0.29, 0.717) is 23.1 Å². The first kappa shape index (κ1) is 20.0. The Balaban J connectivity index is 1.80. The van der Waals surface area contributed by atoms with Crippen LogP contribution in [0.4, 0.5) is 24.5 Å². The van der Waals surface area contributed by atoms with E-state index >= 15 is 0 Å². The molecule has 4 rings (SSSR count). The zero-order valence-electron chi connectivity index (χ0n) is 17.1. The molecule has 1 aromatic carbocycles. The predicted octanol–water partition coefficient (Wildman–Crippen LogP) is 5.77. The average Bonchev–Trinajstić information content (AvgIpc) is 2.65. The molecule has 0 radical (unpaired) electrons. The number of amidine groups is 2. The molecule has 0 aliphatic carbocycles. The van der Waals surface area contributed by atoms with Crippen LogP contribution in [-0.2, 0) is 6.18 Å². The molecule has 0 amide bonds. The van der Waals surface area contributed by atoms with Gasteiger partial charge in [-0.1, -0.05) is 19.8 Å². The van der Waals surface area contributed by atoms with Crippen LogP contribution < -0.4 is 4.90 Å². The maximum atomic E-state index is 13.3. The van der Waals surface area contributed by atoms with Crippen molar-refractivity contribution >= 4 is 23.0 Å². The van der Waals surface area contributed by atoms with Crippen LogP contribution in [0.5, 0.6) is 0 Å². The second-order valence-corrected chi connectivity index (χ2v) is 8.39. The molecule has 2 unspecified atom stereocenters. The Morgan fingerprint density at radius 1 is 1.03 bits per heavy atom. The van der Waals surface area contributed by atoms with Crippen molar-refractivity contribution in [3.63, 3.8) is 0 Å². The second kappa shape index (κ2) is 7.50. The summed E-state index contributed by atoms with van der Waals surface area (Å²) < 4.78 is 39.9. The Kier molecular flexibility index (Phi) is 5.17. The van der Waals surface area contributed by atoms with E-state index in [2.05, 4.69) is 11.8 Å². The molecule has 29 heavy (non-hydrogen) atoms. The third-order valence-electron chi connectivity index (χ3n) is 6.09. The van der Waals surface area contributed by atoms with Crippen LogP contribution in [0.25, 0.3) is 0 Å². The van der Waals surface area contributed by atoms with Gasteiger partial charge in [0.25, 0.3) is 0 Å². The van der Waals surface area contributed by atoms with Gasteiger partial charge in [0.05, 0.1) is 23.0 Å². The molecular formula is C22H27F3N4. The van der Waals surface area contributed by atoms with Crippen molar-refractivity contribution in [3.05, 3.63) is 35.5 Å². The number of fused-ring (bicyclic) bond motifs is 3. The first-order chi connectivity index (χ1) is 13.7. The van der Waals surface area contributed by atoms with E-state index in [1.54, 1.807) is 4.90 Å². The Labute approximate surface area is 169 Å². The van der Waals surface area contributed by atoms with Crippen LogP contribution in [0.3, 0.4) is 0 Å². The number of hydrogen-bond acceptors (Lipinski definition) is 4. The van der Waals surface area contributed by atoms with Crippen LogP contribution in [0.15, 0.2) is 40.0 Å². The predicted molar refractivity (Wildman–Crippen MR) is 111 cm³/mol. The van der Waals surface area contributed by atoms with Crippen molar-refractivity contribution in [2.24, 2.45) is 15.9 Å². The van der Waals surface area contributed by atoms with Gasteiger partial charge in [-0.05, 0) is 56.4 Å². The fraction of sp³-hybridized carbons (Fsp3) is 0.545. The molecule has 3 aliphatic heterocycles. The highest BCUT2D eigenvalue weighted by molar-refractivity contribution is 6.48. The monoisotopic (exact) mass is 404 g/mol. The van der Waals surface area contributed by atoms with Gasteiger partial charge in [-0.25, -0.2) is 4.99 Å². The van der Waals surface area contributed by atoms with E-state index in [9.17, 15) is 13.2 Å². The molecular weight excluding hydrogens is 377 g/mol. The number of rotatable bonds is 0. The number of anilines is 1. The first-order valence-electron chi connectivity index (χ1n) is 10.3. The van der Waals surface area contributed by atoms with Crippen molar-refractivity contribution in [2.45, 2.75) is 58.7 Å². The normalized spacial score (nSPS) is 25.2. The minimum atomic E-state index is -4.39. The first-order valence-corrected chi connectivity index (χ1v) is 10.3. The SMILES string of the molecule is CC1=CN2C(=NC1C)C(N1CCCCC(C)CC1)=Nc1ccc(C(F)(F)F)cc12. The Hall–Kier alpha value is -2.31. The van der Waals surface area contributed by atoms with Crippen molar-refractivity contribution in [2.75, 3.05) is 18.0 Å². The van der Waals surface area contributed by atoms with E-state index < -0.39 is 11.7 Å². The highest BCUT2D eigenvalue weighted by Gasteiger charge is 2.36. The number of hydrogen-bond donors (Lipinski definition) is 0. The summed E-state index contributed by atoms with van der Waals surface area (Å²) in [6, 6.07) is 3.75. The van der Waals surface area contributed by atoms with E-state index in [-0.39, 0.29) is 6.04 Å². The molecule has 0 aromatic heterocycles. The third-order valence-corrected chi connectivity index (χ3v) is 6.09. The lowest BCUT2D eigenvalue weighted by Crippen LogP contribution is -2.48. The molecule has 3 heterocycles. The molecule has 7 heteroatoms. The third kappa shape index (κ3) is 3.91. The lowest BCUT2D eigenvalue weighted by Gasteiger charge is -2.38. The van der Waals surface area contributed by atoms with Gasteiger partial charge >= 0.3 is 6.18 Å². The molecule has 2 atom stereocenters. The number of benzene rings is 1. The summed E-state index contributed by atoms with van der Waals surface area (Å²) in [6.45, 7) is 8.02. The zero-order valence-corrected chi connectivity index (χ0v) is 17.1. The van der Waals surface area contributed by atoms with Crippen LogP contribution in [0, 0.1) is 5.92 Å². The van der Waals surface area contributed by atoms with Gasteiger partial charge in [0.15, 0.2) is 11.7 Å². The molecule has 0 bridgehead atoms. The van der Waals surface area contributed by atoms with E-state index in [1.165, 1.54) is 25.0 Å². The fourth-order valence-corrected chi connectivity index (χ4v) is 4.07. The van der Waals surface area contributed by atoms with E-state index in [0.717, 1.165) is 43.4 Å². The maximum absolute atomic E-state index is 13.3. The number of nitrogens with zero attached hydrogens (tertiary/aromatic N) is 4. The lowest BCUT2D eigenvalue weighted by molar-refractivity contribution is -0.137. The minimum Gasteiger partial charge on any atom is -0.354 e. The van der Waals surface area contributed by atoms with Gasteiger partial charge in [0.1, 0.15) is 0 Å². The van der Waals surface area contributed by atoms with Crippen molar-refractivity contribution in [1.82, 2.24) is 4.90 Å².